The van der Waals surface area contributed by atoms with Gasteiger partial charge in [-0.25, -0.2) is 0 Å². The molecule has 1 aromatic heterocycles. The maximum absolute atomic E-state index is 5.71. The van der Waals surface area contributed by atoms with Crippen LogP contribution in [0.3, 0.4) is 0 Å². The van der Waals surface area contributed by atoms with E-state index in [1.165, 1.54) is 5.56 Å². The van der Waals surface area contributed by atoms with E-state index in [4.69, 9.17) is 18.0 Å². The molecule has 3 nitrogen and oxygen atoms in total. The van der Waals surface area contributed by atoms with E-state index in [1.54, 1.807) is 0 Å². The number of hydrogen-bond acceptors (Lipinski definition) is 3. The second-order valence-corrected chi connectivity index (χ2v) is 5.53. The van der Waals surface area contributed by atoms with Gasteiger partial charge in [-0.05, 0) is 37.7 Å². The summed E-state index contributed by atoms with van der Waals surface area (Å²) in [6, 6.07) is 4.07. The predicted octanol–water partition coefficient (Wildman–Crippen LogP) is 2.22. The Kier molecular flexibility index (Phi) is 5.02. The molecule has 17 heavy (non-hydrogen) atoms. The minimum atomic E-state index is -0.0676. The highest BCUT2D eigenvalue weighted by molar-refractivity contribution is 7.80. The molecule has 0 aromatic carbocycles. The summed E-state index contributed by atoms with van der Waals surface area (Å²) in [5, 5.41) is 0. The van der Waals surface area contributed by atoms with E-state index >= 15 is 0 Å². The van der Waals surface area contributed by atoms with Gasteiger partial charge in [-0.1, -0.05) is 26.1 Å². The van der Waals surface area contributed by atoms with Crippen molar-refractivity contribution in [3.8, 4) is 0 Å². The third kappa shape index (κ3) is 4.79. The molecule has 0 bridgehead atoms. The molecule has 1 rings (SSSR count). The first-order valence-corrected chi connectivity index (χ1v) is 6.20. The zero-order valence-electron chi connectivity index (χ0n) is 10.8. The largest absolute Gasteiger partial charge is 0.393 e. The van der Waals surface area contributed by atoms with Crippen molar-refractivity contribution >= 4 is 17.2 Å². The summed E-state index contributed by atoms with van der Waals surface area (Å²) in [6.07, 6.45) is 4.62. The van der Waals surface area contributed by atoms with Crippen LogP contribution in [0.1, 0.15) is 25.8 Å². The molecule has 1 heterocycles. The van der Waals surface area contributed by atoms with Gasteiger partial charge in [-0.3, -0.25) is 4.98 Å². The van der Waals surface area contributed by atoms with Crippen molar-refractivity contribution in [1.82, 2.24) is 9.88 Å². The van der Waals surface area contributed by atoms with Gasteiger partial charge in [0.05, 0.1) is 4.99 Å². The van der Waals surface area contributed by atoms with E-state index < -0.39 is 0 Å². The van der Waals surface area contributed by atoms with Gasteiger partial charge >= 0.3 is 0 Å². The van der Waals surface area contributed by atoms with E-state index in [0.717, 1.165) is 19.5 Å². The van der Waals surface area contributed by atoms with Crippen molar-refractivity contribution in [2.75, 3.05) is 13.6 Å². The lowest BCUT2D eigenvalue weighted by Crippen LogP contribution is -2.33. The third-order valence-electron chi connectivity index (χ3n) is 2.99. The van der Waals surface area contributed by atoms with E-state index in [1.807, 2.05) is 24.5 Å². The number of thiocarbonyl (C=S) groups is 1. The van der Waals surface area contributed by atoms with Crippen LogP contribution in [-0.2, 0) is 6.54 Å². The second kappa shape index (κ2) is 6.07. The molecule has 0 saturated carbocycles. The highest BCUT2D eigenvalue weighted by Crippen LogP contribution is 2.21. The number of nitrogens with zero attached hydrogens (tertiary/aromatic N) is 2. The zero-order valence-corrected chi connectivity index (χ0v) is 11.6. The summed E-state index contributed by atoms with van der Waals surface area (Å²) in [5.41, 5.74) is 6.92. The lowest BCUT2D eigenvalue weighted by atomic mass is 9.89. The number of aromatic nitrogens is 1. The number of rotatable bonds is 6. The normalized spacial score (nSPS) is 11.8. The summed E-state index contributed by atoms with van der Waals surface area (Å²) in [7, 11) is 2.11. The lowest BCUT2D eigenvalue weighted by molar-refractivity contribution is 0.286. The molecule has 0 unspecified atom stereocenters. The Morgan fingerprint density at radius 2 is 2.00 bits per heavy atom. The molecule has 2 N–H and O–H groups in total. The van der Waals surface area contributed by atoms with E-state index in [9.17, 15) is 0 Å². The van der Waals surface area contributed by atoms with E-state index in [0.29, 0.717) is 4.99 Å². The maximum atomic E-state index is 5.71. The van der Waals surface area contributed by atoms with Crippen LogP contribution < -0.4 is 5.73 Å². The predicted molar refractivity (Wildman–Crippen MR) is 75.8 cm³/mol. The smallest absolute Gasteiger partial charge is 0.0784 e. The quantitative estimate of drug-likeness (QED) is 0.787. The Morgan fingerprint density at radius 3 is 2.53 bits per heavy atom. The molecule has 0 aliphatic heterocycles. The van der Waals surface area contributed by atoms with E-state index in [-0.39, 0.29) is 5.41 Å². The first kappa shape index (κ1) is 14.1. The van der Waals surface area contributed by atoms with Gasteiger partial charge in [0, 0.05) is 24.4 Å². The Bertz CT molecular complexity index is 362. The molecule has 1 aromatic rings. The number of nitrogens with two attached hydrogens (primary N) is 1. The fraction of sp³-hybridized carbons (Fsp3) is 0.538. The van der Waals surface area contributed by atoms with Crippen molar-refractivity contribution < 1.29 is 0 Å². The molecule has 0 amide bonds. The minimum absolute atomic E-state index is 0.0676. The van der Waals surface area contributed by atoms with Gasteiger partial charge in [0.1, 0.15) is 0 Å². The fourth-order valence-corrected chi connectivity index (χ4v) is 1.57. The number of hydrogen-bond donors (Lipinski definition) is 1. The average molecular weight is 251 g/mol. The Morgan fingerprint density at radius 1 is 1.41 bits per heavy atom. The number of pyridine rings is 1. The molecular formula is C13H21N3S. The van der Waals surface area contributed by atoms with Gasteiger partial charge in [0.2, 0.25) is 0 Å². The molecule has 0 aliphatic carbocycles. The van der Waals surface area contributed by atoms with Crippen LogP contribution >= 0.6 is 12.2 Å². The molecule has 0 saturated heterocycles. The Hall–Kier alpha value is -1.00. The van der Waals surface area contributed by atoms with Gasteiger partial charge in [0.25, 0.3) is 0 Å². The molecular weight excluding hydrogens is 230 g/mol. The van der Waals surface area contributed by atoms with Crippen LogP contribution in [0.2, 0.25) is 0 Å². The second-order valence-electron chi connectivity index (χ2n) is 5.09. The Labute approximate surface area is 109 Å². The maximum Gasteiger partial charge on any atom is 0.0784 e. The van der Waals surface area contributed by atoms with Crippen LogP contribution in [0.5, 0.6) is 0 Å². The molecule has 0 spiro atoms. The van der Waals surface area contributed by atoms with E-state index in [2.05, 4.69) is 30.8 Å². The molecule has 0 fully saturated rings. The fourth-order valence-electron chi connectivity index (χ4n) is 1.47. The van der Waals surface area contributed by atoms with Crippen molar-refractivity contribution in [1.29, 1.82) is 0 Å². The van der Waals surface area contributed by atoms with Crippen LogP contribution in [0, 0.1) is 5.41 Å². The average Bonchev–Trinajstić information content (AvgIpc) is 2.28. The molecule has 0 aliphatic rings. The van der Waals surface area contributed by atoms with Crippen LogP contribution in [-0.4, -0.2) is 28.5 Å². The highest BCUT2D eigenvalue weighted by atomic mass is 32.1. The summed E-state index contributed by atoms with van der Waals surface area (Å²) in [5.74, 6) is 0. The first-order chi connectivity index (χ1) is 7.92. The summed E-state index contributed by atoms with van der Waals surface area (Å²) in [6.45, 7) is 6.09. The summed E-state index contributed by atoms with van der Waals surface area (Å²) >= 11 is 5.06. The lowest BCUT2D eigenvalue weighted by Gasteiger charge is -2.26. The standard InChI is InChI=1S/C13H21N3S/c1-13(2,12(14)17)6-9-16(3)10-11-4-7-15-8-5-11/h4-5,7-8H,6,9-10H2,1-3H3,(H2,14,17). The summed E-state index contributed by atoms with van der Waals surface area (Å²) < 4.78 is 0. The monoisotopic (exact) mass is 251 g/mol. The highest BCUT2D eigenvalue weighted by Gasteiger charge is 2.21. The van der Waals surface area contributed by atoms with Crippen LogP contribution in [0.4, 0.5) is 0 Å². The van der Waals surface area contributed by atoms with Crippen molar-refractivity contribution in [3.63, 3.8) is 0 Å². The van der Waals surface area contributed by atoms with Gasteiger partial charge in [-0.15, -0.1) is 0 Å². The molecule has 0 atom stereocenters. The van der Waals surface area contributed by atoms with Crippen molar-refractivity contribution in [2.24, 2.45) is 11.1 Å². The third-order valence-corrected chi connectivity index (χ3v) is 3.54. The summed E-state index contributed by atoms with van der Waals surface area (Å²) in [4.78, 5) is 6.87. The topological polar surface area (TPSA) is 42.1 Å². The van der Waals surface area contributed by atoms with Gasteiger partial charge < -0.3 is 10.6 Å². The first-order valence-electron chi connectivity index (χ1n) is 5.79. The van der Waals surface area contributed by atoms with Gasteiger partial charge in [-0.2, -0.15) is 0 Å². The zero-order chi connectivity index (χ0) is 12.9. The van der Waals surface area contributed by atoms with Crippen molar-refractivity contribution in [3.05, 3.63) is 30.1 Å². The molecule has 94 valence electrons. The van der Waals surface area contributed by atoms with Gasteiger partial charge in [0.15, 0.2) is 0 Å². The van der Waals surface area contributed by atoms with Crippen molar-refractivity contribution in [2.45, 2.75) is 26.8 Å². The van der Waals surface area contributed by atoms with Crippen LogP contribution in [0.25, 0.3) is 0 Å². The molecule has 4 heteroatoms. The molecule has 0 radical (unpaired) electrons. The SMILES string of the molecule is CN(CCC(C)(C)C(N)=S)Cc1ccncc1. The minimum Gasteiger partial charge on any atom is -0.393 e. The Balaban J connectivity index is 2.41. The van der Waals surface area contributed by atoms with Crippen LogP contribution in [0.15, 0.2) is 24.5 Å².